The van der Waals surface area contributed by atoms with E-state index in [9.17, 15) is 4.79 Å². The summed E-state index contributed by atoms with van der Waals surface area (Å²) in [5, 5.41) is 5.88. The van der Waals surface area contributed by atoms with Crippen LogP contribution in [-0.4, -0.2) is 42.9 Å². The number of anilines is 2. The number of aryl methyl sites for hydroxylation is 2. The molecule has 0 radical (unpaired) electrons. The molecule has 2 N–H and O–H groups in total. The molecule has 2 rings (SSSR count). The Labute approximate surface area is 141 Å². The Morgan fingerprint density at radius 1 is 1.08 bits per heavy atom. The summed E-state index contributed by atoms with van der Waals surface area (Å²) in [6.45, 7) is 4.11. The molecule has 0 aliphatic heterocycles. The molecule has 1 aromatic heterocycles. The molecule has 7 heteroatoms. The van der Waals surface area contributed by atoms with Crippen molar-refractivity contribution in [2.24, 2.45) is 0 Å². The van der Waals surface area contributed by atoms with Crippen molar-refractivity contribution in [2.75, 3.05) is 26.1 Å². The van der Waals surface area contributed by atoms with Crippen LogP contribution in [0.3, 0.4) is 0 Å². The first-order chi connectivity index (χ1) is 11.5. The number of hydrogen-bond acceptors (Lipinski definition) is 6. The van der Waals surface area contributed by atoms with E-state index in [0.29, 0.717) is 11.5 Å². The molecule has 0 aliphatic rings. The minimum absolute atomic E-state index is 0.191. The smallest absolute Gasteiger partial charge is 0.251 e. The normalized spacial score (nSPS) is 10.7. The van der Waals surface area contributed by atoms with Gasteiger partial charge in [0.25, 0.3) is 5.91 Å². The van der Waals surface area contributed by atoms with Crippen molar-refractivity contribution in [3.05, 3.63) is 47.3 Å². The number of carbonyl (C=O) groups excluding carboxylic acids is 1. The van der Waals surface area contributed by atoms with Gasteiger partial charge in [-0.05, 0) is 44.2 Å². The van der Waals surface area contributed by atoms with Crippen molar-refractivity contribution >= 4 is 17.5 Å². The second-order valence-electron chi connectivity index (χ2n) is 5.29. The quantitative estimate of drug-likeness (QED) is 0.757. The van der Waals surface area contributed by atoms with Gasteiger partial charge in [0.05, 0.1) is 6.54 Å². The molecule has 2 aromatic rings. The second-order valence-corrected chi connectivity index (χ2v) is 5.29. The molecule has 0 unspecified atom stereocenters. The number of amides is 1. The number of nitrogens with zero attached hydrogens (tertiary/aromatic N) is 2. The van der Waals surface area contributed by atoms with Crippen LogP contribution in [-0.2, 0) is 9.47 Å². The molecule has 0 saturated carbocycles. The van der Waals surface area contributed by atoms with Gasteiger partial charge in [0, 0.05) is 36.9 Å². The van der Waals surface area contributed by atoms with Gasteiger partial charge in [-0.15, -0.1) is 0 Å². The molecule has 0 bridgehead atoms. The zero-order valence-corrected chi connectivity index (χ0v) is 14.3. The van der Waals surface area contributed by atoms with Crippen LogP contribution in [0.1, 0.15) is 21.7 Å². The number of rotatable bonds is 7. The average Bonchev–Trinajstić information content (AvgIpc) is 2.55. The molecule has 1 heterocycles. The molecule has 0 atom stereocenters. The fraction of sp³-hybridized carbons (Fsp3) is 0.353. The maximum absolute atomic E-state index is 12.1. The maximum atomic E-state index is 12.1. The molecule has 0 saturated heterocycles. The summed E-state index contributed by atoms with van der Waals surface area (Å²) in [5.74, 6) is 0.344. The van der Waals surface area contributed by atoms with E-state index in [4.69, 9.17) is 9.47 Å². The summed E-state index contributed by atoms with van der Waals surface area (Å²) in [4.78, 5) is 20.7. The number of hydrogen-bond donors (Lipinski definition) is 2. The first-order valence-corrected chi connectivity index (χ1v) is 7.55. The highest BCUT2D eigenvalue weighted by Crippen LogP contribution is 2.15. The van der Waals surface area contributed by atoms with Gasteiger partial charge in [-0.3, -0.25) is 4.79 Å². The van der Waals surface area contributed by atoms with Crippen LogP contribution in [0, 0.1) is 13.8 Å². The van der Waals surface area contributed by atoms with Crippen LogP contribution >= 0.6 is 0 Å². The Kier molecular flexibility index (Phi) is 6.22. The molecule has 128 valence electrons. The van der Waals surface area contributed by atoms with Crippen molar-refractivity contribution in [1.29, 1.82) is 0 Å². The van der Waals surface area contributed by atoms with E-state index in [1.807, 2.05) is 19.9 Å². The van der Waals surface area contributed by atoms with E-state index >= 15 is 0 Å². The summed E-state index contributed by atoms with van der Waals surface area (Å²) >= 11 is 0. The fourth-order valence-corrected chi connectivity index (χ4v) is 2.16. The number of benzene rings is 1. The second kappa shape index (κ2) is 8.37. The van der Waals surface area contributed by atoms with E-state index in [-0.39, 0.29) is 12.5 Å². The first-order valence-electron chi connectivity index (χ1n) is 7.55. The molecule has 24 heavy (non-hydrogen) atoms. The molecular formula is C17H22N4O3. The maximum Gasteiger partial charge on any atom is 0.251 e. The zero-order valence-electron chi connectivity index (χ0n) is 14.3. The van der Waals surface area contributed by atoms with Crippen LogP contribution < -0.4 is 10.6 Å². The number of aromatic nitrogens is 2. The lowest BCUT2D eigenvalue weighted by molar-refractivity contribution is -0.0974. The largest absolute Gasteiger partial charge is 0.354 e. The Hall–Kier alpha value is -2.51. The van der Waals surface area contributed by atoms with Gasteiger partial charge in [0.1, 0.15) is 0 Å². The first kappa shape index (κ1) is 17.8. The molecule has 1 amide bonds. The minimum atomic E-state index is -0.461. The number of nitrogens with one attached hydrogen (secondary N) is 2. The summed E-state index contributed by atoms with van der Waals surface area (Å²) in [5.41, 5.74) is 3.15. The van der Waals surface area contributed by atoms with Crippen molar-refractivity contribution < 1.29 is 14.3 Å². The summed E-state index contributed by atoms with van der Waals surface area (Å²) in [7, 11) is 3.05. The third-order valence-corrected chi connectivity index (χ3v) is 3.34. The van der Waals surface area contributed by atoms with Gasteiger partial charge in [-0.25, -0.2) is 9.97 Å². The number of ether oxygens (including phenoxy) is 2. The SMILES string of the molecule is COC(CNC(=O)c1ccc(Nc2nc(C)cc(C)n2)cc1)OC. The number of carbonyl (C=O) groups is 1. The van der Waals surface area contributed by atoms with Gasteiger partial charge in [-0.1, -0.05) is 0 Å². The predicted octanol–water partition coefficient (Wildman–Crippen LogP) is 2.19. The van der Waals surface area contributed by atoms with Gasteiger partial charge in [0.2, 0.25) is 5.95 Å². The van der Waals surface area contributed by atoms with Crippen LogP contribution in [0.2, 0.25) is 0 Å². The minimum Gasteiger partial charge on any atom is -0.354 e. The third kappa shape index (κ3) is 5.00. The van der Waals surface area contributed by atoms with Crippen molar-refractivity contribution in [3.63, 3.8) is 0 Å². The van der Waals surface area contributed by atoms with Gasteiger partial charge in [0.15, 0.2) is 6.29 Å². The molecule has 1 aromatic carbocycles. The van der Waals surface area contributed by atoms with E-state index in [1.54, 1.807) is 24.3 Å². The third-order valence-electron chi connectivity index (χ3n) is 3.34. The molecule has 0 spiro atoms. The molecule has 0 aliphatic carbocycles. The van der Waals surface area contributed by atoms with E-state index in [0.717, 1.165) is 17.1 Å². The monoisotopic (exact) mass is 330 g/mol. The standard InChI is InChI=1S/C17H22N4O3/c1-11-9-12(2)20-17(19-11)21-14-7-5-13(6-8-14)16(22)18-10-15(23-3)24-4/h5-9,15H,10H2,1-4H3,(H,18,22)(H,19,20,21). The van der Waals surface area contributed by atoms with Gasteiger partial charge in [-0.2, -0.15) is 0 Å². The van der Waals surface area contributed by atoms with E-state index in [1.165, 1.54) is 14.2 Å². The Bertz CT molecular complexity index is 664. The molecular weight excluding hydrogens is 308 g/mol. The number of methoxy groups -OCH3 is 2. The topological polar surface area (TPSA) is 85.4 Å². The van der Waals surface area contributed by atoms with E-state index < -0.39 is 6.29 Å². The van der Waals surface area contributed by atoms with Crippen molar-refractivity contribution in [3.8, 4) is 0 Å². The summed E-state index contributed by atoms with van der Waals surface area (Å²) in [6, 6.07) is 8.98. The predicted molar refractivity (Wildman–Crippen MR) is 91.4 cm³/mol. The van der Waals surface area contributed by atoms with E-state index in [2.05, 4.69) is 20.6 Å². The lowest BCUT2D eigenvalue weighted by Gasteiger charge is -2.14. The van der Waals surface area contributed by atoms with Crippen LogP contribution in [0.5, 0.6) is 0 Å². The highest BCUT2D eigenvalue weighted by molar-refractivity contribution is 5.94. The Morgan fingerprint density at radius 3 is 2.21 bits per heavy atom. The highest BCUT2D eigenvalue weighted by Gasteiger charge is 2.10. The van der Waals surface area contributed by atoms with Crippen LogP contribution in [0.4, 0.5) is 11.6 Å². The van der Waals surface area contributed by atoms with Crippen molar-refractivity contribution in [1.82, 2.24) is 15.3 Å². The van der Waals surface area contributed by atoms with Gasteiger partial charge >= 0.3 is 0 Å². The Morgan fingerprint density at radius 2 is 1.67 bits per heavy atom. The van der Waals surface area contributed by atoms with Crippen LogP contribution in [0.25, 0.3) is 0 Å². The summed E-state index contributed by atoms with van der Waals surface area (Å²) in [6.07, 6.45) is -0.461. The Balaban J connectivity index is 1.98. The lowest BCUT2D eigenvalue weighted by Crippen LogP contribution is -2.34. The van der Waals surface area contributed by atoms with Crippen molar-refractivity contribution in [2.45, 2.75) is 20.1 Å². The highest BCUT2D eigenvalue weighted by atomic mass is 16.7. The zero-order chi connectivity index (χ0) is 17.5. The lowest BCUT2D eigenvalue weighted by atomic mass is 10.2. The summed E-state index contributed by atoms with van der Waals surface area (Å²) < 4.78 is 10.1. The molecule has 0 fully saturated rings. The average molecular weight is 330 g/mol. The molecule has 7 nitrogen and oxygen atoms in total. The van der Waals surface area contributed by atoms with Crippen LogP contribution in [0.15, 0.2) is 30.3 Å². The van der Waals surface area contributed by atoms with Gasteiger partial charge < -0.3 is 20.1 Å². The fourth-order valence-electron chi connectivity index (χ4n) is 2.16.